The van der Waals surface area contributed by atoms with Crippen LogP contribution in [0.2, 0.25) is 0 Å². The van der Waals surface area contributed by atoms with Crippen LogP contribution in [0.15, 0.2) is 66.7 Å². The zero-order valence-electron chi connectivity index (χ0n) is 26.1. The topological polar surface area (TPSA) is 77.5 Å². The Labute approximate surface area is 266 Å². The summed E-state index contributed by atoms with van der Waals surface area (Å²) in [6.07, 6.45) is 11.5. The van der Waals surface area contributed by atoms with Crippen molar-refractivity contribution in [3.8, 4) is 17.2 Å². The second-order valence-corrected chi connectivity index (χ2v) is 12.3. The number of phenols is 1. The summed E-state index contributed by atoms with van der Waals surface area (Å²) in [6, 6.07) is 20.6. The molecule has 0 amide bonds. The summed E-state index contributed by atoms with van der Waals surface area (Å²) < 4.78 is 23.7. The van der Waals surface area contributed by atoms with Gasteiger partial charge in [0.25, 0.3) is 0 Å². The summed E-state index contributed by atoms with van der Waals surface area (Å²) in [7, 11) is 0. The van der Waals surface area contributed by atoms with Crippen LogP contribution in [-0.4, -0.2) is 61.5 Å². The Kier molecular flexibility index (Phi) is 10.8. The lowest BCUT2D eigenvalue weighted by atomic mass is 9.92. The molecule has 7 heteroatoms. The number of nitrogens with zero attached hydrogens (tertiary/aromatic N) is 1. The van der Waals surface area contributed by atoms with E-state index in [1.54, 1.807) is 12.1 Å². The van der Waals surface area contributed by atoms with Gasteiger partial charge in [0, 0.05) is 25.1 Å². The minimum atomic E-state index is -0.255. The molecule has 2 unspecified atom stereocenters. The van der Waals surface area contributed by atoms with E-state index in [0.717, 1.165) is 80.6 Å². The monoisotopic (exact) mass is 611 g/mol. The number of Topliss-reactive ketones (excluding diaryl/α,β-unsaturated/α-hetero) is 1. The van der Waals surface area contributed by atoms with Crippen molar-refractivity contribution < 1.29 is 28.8 Å². The van der Waals surface area contributed by atoms with Crippen LogP contribution in [-0.2, 0) is 9.47 Å². The third-order valence-electron chi connectivity index (χ3n) is 8.95. The molecule has 3 aliphatic heterocycles. The number of phenolic OH excluding ortho intramolecular Hbond substituents is 1. The minimum Gasteiger partial charge on any atom is -0.507 e. The first-order valence-electron chi connectivity index (χ1n) is 16.7. The Hall–Kier alpha value is -3.65. The molecule has 3 fully saturated rings. The number of ketones is 1. The number of rotatable bonds is 11. The number of piperidine rings is 1. The van der Waals surface area contributed by atoms with Gasteiger partial charge < -0.3 is 24.1 Å². The van der Waals surface area contributed by atoms with Gasteiger partial charge in [-0.05, 0) is 117 Å². The van der Waals surface area contributed by atoms with Gasteiger partial charge in [0.15, 0.2) is 12.1 Å². The van der Waals surface area contributed by atoms with Gasteiger partial charge in [0.05, 0.1) is 18.3 Å². The number of ether oxygens (including phenoxy) is 4. The predicted molar refractivity (Wildman–Crippen MR) is 176 cm³/mol. The maximum atomic E-state index is 14.1. The average Bonchev–Trinajstić information content (AvgIpc) is 3.09. The Morgan fingerprint density at radius 1 is 0.822 bits per heavy atom. The molecule has 7 nitrogen and oxygen atoms in total. The SMILES string of the molecule is O=C(/C(=C/c1ccc(OCCN2CCCCC2)cc1)c1ccc(OC2CCCCO2)cc1)c1ccc(C2CCCCO2)cc1O. The molecular formula is C38H45NO6. The molecule has 0 aromatic heterocycles. The number of hydrogen-bond donors (Lipinski definition) is 1. The lowest BCUT2D eigenvalue weighted by Gasteiger charge is -2.26. The molecule has 0 spiro atoms. The first-order chi connectivity index (χ1) is 22.1. The van der Waals surface area contributed by atoms with Gasteiger partial charge in [-0.3, -0.25) is 9.69 Å². The molecule has 0 aliphatic carbocycles. The van der Waals surface area contributed by atoms with Crippen LogP contribution >= 0.6 is 0 Å². The molecule has 1 N–H and O–H groups in total. The normalized spacial score (nSPS) is 21.3. The number of likely N-dealkylation sites (tertiary alicyclic amines) is 1. The van der Waals surface area contributed by atoms with E-state index in [9.17, 15) is 9.90 Å². The van der Waals surface area contributed by atoms with E-state index < -0.39 is 0 Å². The first-order valence-corrected chi connectivity index (χ1v) is 16.7. The van der Waals surface area contributed by atoms with E-state index in [2.05, 4.69) is 4.90 Å². The van der Waals surface area contributed by atoms with E-state index in [-0.39, 0.29) is 29.5 Å². The van der Waals surface area contributed by atoms with Crippen LogP contribution in [0.25, 0.3) is 11.6 Å². The van der Waals surface area contributed by atoms with E-state index in [4.69, 9.17) is 18.9 Å². The first kappa shape index (κ1) is 31.3. The van der Waals surface area contributed by atoms with Crippen molar-refractivity contribution in [1.29, 1.82) is 0 Å². The van der Waals surface area contributed by atoms with E-state index in [1.807, 2.05) is 60.7 Å². The molecule has 0 saturated carbocycles. The van der Waals surface area contributed by atoms with Gasteiger partial charge in [0.1, 0.15) is 23.9 Å². The van der Waals surface area contributed by atoms with Crippen molar-refractivity contribution in [2.45, 2.75) is 70.2 Å². The second-order valence-electron chi connectivity index (χ2n) is 12.3. The van der Waals surface area contributed by atoms with Gasteiger partial charge in [-0.1, -0.05) is 36.8 Å². The summed E-state index contributed by atoms with van der Waals surface area (Å²) in [5.41, 5.74) is 3.24. The Balaban J connectivity index is 1.21. The molecule has 3 aliphatic rings. The lowest BCUT2D eigenvalue weighted by Crippen LogP contribution is -2.33. The molecule has 0 radical (unpaired) electrons. The molecule has 2 atom stereocenters. The van der Waals surface area contributed by atoms with Crippen LogP contribution in [0, 0.1) is 0 Å². The van der Waals surface area contributed by atoms with Crippen molar-refractivity contribution in [2.75, 3.05) is 39.5 Å². The number of aromatic hydroxyl groups is 1. The van der Waals surface area contributed by atoms with Gasteiger partial charge in [-0.2, -0.15) is 0 Å². The predicted octanol–water partition coefficient (Wildman–Crippen LogP) is 7.83. The number of benzene rings is 3. The molecule has 3 aromatic rings. The average molecular weight is 612 g/mol. The highest BCUT2D eigenvalue weighted by atomic mass is 16.7. The van der Waals surface area contributed by atoms with E-state index >= 15 is 0 Å². The third-order valence-corrected chi connectivity index (χ3v) is 8.95. The molecule has 3 saturated heterocycles. The summed E-state index contributed by atoms with van der Waals surface area (Å²) in [5.74, 6) is 1.21. The zero-order valence-corrected chi connectivity index (χ0v) is 26.1. The number of allylic oxidation sites excluding steroid dienone is 1. The maximum Gasteiger partial charge on any atom is 0.199 e. The standard InChI is InChI=1S/C38H45NO6/c40-35-27-30(36-8-2-6-23-43-36)14-19-33(35)38(41)34(29-12-17-32(18-13-29)45-37-9-3-7-24-44-37)26-28-10-15-31(16-11-28)42-25-22-39-20-4-1-5-21-39/h10-19,26-27,36-37,40H,1-9,20-25H2/b34-26+. The molecule has 45 heavy (non-hydrogen) atoms. The van der Waals surface area contributed by atoms with Crippen molar-refractivity contribution in [1.82, 2.24) is 4.90 Å². The molecule has 3 heterocycles. The Bertz CT molecular complexity index is 1420. The highest BCUT2D eigenvalue weighted by molar-refractivity contribution is 6.33. The molecule has 3 aromatic carbocycles. The van der Waals surface area contributed by atoms with Crippen LogP contribution < -0.4 is 9.47 Å². The second kappa shape index (κ2) is 15.6. The molecule has 6 rings (SSSR count). The highest BCUT2D eigenvalue weighted by Gasteiger charge is 2.22. The third kappa shape index (κ3) is 8.54. The molecule has 238 valence electrons. The van der Waals surface area contributed by atoms with Gasteiger partial charge in [-0.25, -0.2) is 0 Å². The fraction of sp³-hybridized carbons (Fsp3) is 0.447. The largest absolute Gasteiger partial charge is 0.507 e. The number of carbonyl (C=O) groups is 1. The van der Waals surface area contributed by atoms with E-state index in [0.29, 0.717) is 31.1 Å². The molecular weight excluding hydrogens is 566 g/mol. The van der Waals surface area contributed by atoms with Gasteiger partial charge in [0.2, 0.25) is 0 Å². The maximum absolute atomic E-state index is 14.1. The lowest BCUT2D eigenvalue weighted by molar-refractivity contribution is -0.105. The van der Waals surface area contributed by atoms with Crippen molar-refractivity contribution in [3.63, 3.8) is 0 Å². The Morgan fingerprint density at radius 3 is 2.24 bits per heavy atom. The van der Waals surface area contributed by atoms with Gasteiger partial charge in [-0.15, -0.1) is 0 Å². The van der Waals surface area contributed by atoms with Crippen molar-refractivity contribution in [3.05, 3.63) is 89.0 Å². The van der Waals surface area contributed by atoms with Crippen LogP contribution in [0.5, 0.6) is 17.2 Å². The number of hydrogen-bond acceptors (Lipinski definition) is 7. The van der Waals surface area contributed by atoms with Crippen molar-refractivity contribution >= 4 is 17.4 Å². The fourth-order valence-electron chi connectivity index (χ4n) is 6.34. The highest BCUT2D eigenvalue weighted by Crippen LogP contribution is 2.34. The van der Waals surface area contributed by atoms with E-state index in [1.165, 1.54) is 19.3 Å². The zero-order chi connectivity index (χ0) is 30.8. The summed E-state index contributed by atoms with van der Waals surface area (Å²) in [4.78, 5) is 16.5. The summed E-state index contributed by atoms with van der Waals surface area (Å²) in [6.45, 7) is 5.31. The minimum absolute atomic E-state index is 0.0376. The molecule has 0 bridgehead atoms. The van der Waals surface area contributed by atoms with Crippen LogP contribution in [0.3, 0.4) is 0 Å². The van der Waals surface area contributed by atoms with Crippen molar-refractivity contribution in [2.24, 2.45) is 0 Å². The Morgan fingerprint density at radius 2 is 1.56 bits per heavy atom. The van der Waals surface area contributed by atoms with Crippen LogP contribution in [0.1, 0.15) is 90.9 Å². The fourth-order valence-corrected chi connectivity index (χ4v) is 6.34. The quantitative estimate of drug-likeness (QED) is 0.135. The summed E-state index contributed by atoms with van der Waals surface area (Å²) >= 11 is 0. The number of carbonyl (C=O) groups excluding carboxylic acids is 1. The van der Waals surface area contributed by atoms with Crippen LogP contribution in [0.4, 0.5) is 0 Å². The smallest absolute Gasteiger partial charge is 0.199 e. The van der Waals surface area contributed by atoms with Gasteiger partial charge >= 0.3 is 0 Å². The summed E-state index contributed by atoms with van der Waals surface area (Å²) in [5, 5.41) is 11.0.